The van der Waals surface area contributed by atoms with E-state index in [4.69, 9.17) is 14.2 Å². The average molecular weight is 1070 g/mol. The maximum atomic E-state index is 12.8. The van der Waals surface area contributed by atoms with Gasteiger partial charge in [0.05, 0.1) is 0 Å². The summed E-state index contributed by atoms with van der Waals surface area (Å²) in [4.78, 5) is 38.1. The number of hydrogen-bond donors (Lipinski definition) is 0. The first kappa shape index (κ1) is 73.1. The molecule has 77 heavy (non-hydrogen) atoms. The summed E-state index contributed by atoms with van der Waals surface area (Å²) in [6.45, 7) is 6.44. The largest absolute Gasteiger partial charge is 0.462 e. The fraction of sp³-hybridized carbons (Fsp3) is 0.704. The highest BCUT2D eigenvalue weighted by Crippen LogP contribution is 2.16. The van der Waals surface area contributed by atoms with Crippen molar-refractivity contribution in [3.8, 4) is 0 Å². The summed E-state index contributed by atoms with van der Waals surface area (Å²) in [5.74, 6) is -0.961. The number of carbonyl (C=O) groups is 3. The SMILES string of the molecule is CC/C=C\C/C=C\C/C=C\C/C=C\C/C=C\C/C=C\C/C=C\CCCC(=O)OC(COC(=O)CCCCCCCCC)COC(=O)CCCCCCCCCCCCCCCCCCC/C=C\C/C=C\CCCCCCC. The van der Waals surface area contributed by atoms with E-state index in [0.29, 0.717) is 19.3 Å². The van der Waals surface area contributed by atoms with Gasteiger partial charge < -0.3 is 14.2 Å². The quantitative estimate of drug-likeness (QED) is 0.0261. The van der Waals surface area contributed by atoms with E-state index in [-0.39, 0.29) is 37.5 Å². The van der Waals surface area contributed by atoms with Crippen LogP contribution in [0.1, 0.15) is 303 Å². The molecule has 6 heteroatoms. The minimum Gasteiger partial charge on any atom is -0.462 e. The van der Waals surface area contributed by atoms with Crippen LogP contribution in [0.15, 0.2) is 109 Å². The first-order valence-corrected chi connectivity index (χ1v) is 32.4. The molecule has 1 atom stereocenters. The summed E-state index contributed by atoms with van der Waals surface area (Å²) >= 11 is 0. The fourth-order valence-corrected chi connectivity index (χ4v) is 8.93. The number of allylic oxidation sites excluding steroid dienone is 18. The number of esters is 3. The second-order valence-corrected chi connectivity index (χ2v) is 21.3. The molecule has 0 aromatic carbocycles. The van der Waals surface area contributed by atoms with Gasteiger partial charge in [-0.15, -0.1) is 0 Å². The number of hydrogen-bond acceptors (Lipinski definition) is 6. The lowest BCUT2D eigenvalue weighted by Gasteiger charge is -2.18. The van der Waals surface area contributed by atoms with Gasteiger partial charge in [0.25, 0.3) is 0 Å². The Labute approximate surface area is 476 Å². The molecule has 0 aromatic heterocycles. The molecule has 0 aliphatic rings. The van der Waals surface area contributed by atoms with Crippen molar-refractivity contribution in [2.75, 3.05) is 13.2 Å². The highest BCUT2D eigenvalue weighted by molar-refractivity contribution is 5.71. The van der Waals surface area contributed by atoms with Crippen molar-refractivity contribution in [2.24, 2.45) is 0 Å². The minimum absolute atomic E-state index is 0.0998. The summed E-state index contributed by atoms with van der Waals surface area (Å²) in [6, 6.07) is 0. The second-order valence-electron chi connectivity index (χ2n) is 21.3. The third kappa shape index (κ3) is 62.8. The maximum absolute atomic E-state index is 12.8. The zero-order chi connectivity index (χ0) is 55.7. The lowest BCUT2D eigenvalue weighted by atomic mass is 10.0. The Kier molecular flexibility index (Phi) is 61.3. The van der Waals surface area contributed by atoms with Crippen LogP contribution in [0.4, 0.5) is 0 Å². The molecule has 0 saturated heterocycles. The monoisotopic (exact) mass is 1070 g/mol. The van der Waals surface area contributed by atoms with E-state index >= 15 is 0 Å². The van der Waals surface area contributed by atoms with Crippen LogP contribution in [0.25, 0.3) is 0 Å². The zero-order valence-electron chi connectivity index (χ0n) is 50.4. The summed E-state index contributed by atoms with van der Waals surface area (Å²) in [5, 5.41) is 0. The molecule has 0 saturated carbocycles. The molecule has 0 aliphatic heterocycles. The summed E-state index contributed by atoms with van der Waals surface area (Å²) in [6.07, 6.45) is 88.5. The Bertz CT molecular complexity index is 1560. The average Bonchev–Trinajstić information content (AvgIpc) is 3.43. The van der Waals surface area contributed by atoms with Crippen molar-refractivity contribution >= 4 is 17.9 Å². The first-order chi connectivity index (χ1) is 38.0. The van der Waals surface area contributed by atoms with Gasteiger partial charge in [-0.2, -0.15) is 0 Å². The van der Waals surface area contributed by atoms with Gasteiger partial charge in [0.2, 0.25) is 0 Å². The minimum atomic E-state index is -0.807. The van der Waals surface area contributed by atoms with Crippen LogP contribution in [-0.4, -0.2) is 37.2 Å². The third-order valence-electron chi connectivity index (χ3n) is 13.8. The van der Waals surface area contributed by atoms with Gasteiger partial charge in [-0.25, -0.2) is 0 Å². The standard InChI is InChI=1S/C71H120O6/c1-4-7-10-13-16-18-20-22-24-26-28-30-32-33-34-35-36-37-39-40-42-44-46-48-50-52-55-58-61-64-70(73)76-67-68(66-75-69(72)63-60-57-54-15-12-9-6-3)77-71(74)65-62-59-56-53-51-49-47-45-43-41-38-31-29-27-25-23-21-19-17-14-11-8-5-2/h8,11,17,19-20,22-23,25-26,28-29,31,41,43,47,49,53,56,68H,4-7,9-10,12-16,18,21,24,27,30,32-40,42,44-46,48,50-52,54-55,57-67H2,1-3H3/b11-8-,19-17-,22-20-,25-23-,28-26-,31-29-,43-41-,49-47-,56-53-. The van der Waals surface area contributed by atoms with E-state index in [1.807, 2.05) is 0 Å². The van der Waals surface area contributed by atoms with E-state index in [0.717, 1.165) is 96.3 Å². The zero-order valence-corrected chi connectivity index (χ0v) is 50.4. The van der Waals surface area contributed by atoms with Crippen LogP contribution in [-0.2, 0) is 28.6 Å². The van der Waals surface area contributed by atoms with Gasteiger partial charge in [-0.05, 0) is 103 Å². The predicted molar refractivity (Wildman–Crippen MR) is 334 cm³/mol. The van der Waals surface area contributed by atoms with Crippen LogP contribution < -0.4 is 0 Å². The van der Waals surface area contributed by atoms with Gasteiger partial charge >= 0.3 is 17.9 Å². The predicted octanol–water partition coefficient (Wildman–Crippen LogP) is 22.2. The molecule has 0 spiro atoms. The Hall–Kier alpha value is -3.93. The molecule has 0 aliphatic carbocycles. The molecule has 6 nitrogen and oxygen atoms in total. The third-order valence-corrected chi connectivity index (χ3v) is 13.8. The van der Waals surface area contributed by atoms with Crippen molar-refractivity contribution in [3.63, 3.8) is 0 Å². The van der Waals surface area contributed by atoms with Crippen molar-refractivity contribution < 1.29 is 28.6 Å². The normalized spacial score (nSPS) is 12.8. The Morgan fingerprint density at radius 2 is 0.519 bits per heavy atom. The van der Waals surface area contributed by atoms with Crippen LogP contribution in [0.3, 0.4) is 0 Å². The molecule has 0 amide bonds. The Morgan fingerprint density at radius 3 is 0.831 bits per heavy atom. The molecule has 0 bridgehead atoms. The smallest absolute Gasteiger partial charge is 0.306 e. The van der Waals surface area contributed by atoms with E-state index in [2.05, 4.69) is 130 Å². The van der Waals surface area contributed by atoms with Crippen LogP contribution in [0.5, 0.6) is 0 Å². The van der Waals surface area contributed by atoms with Gasteiger partial charge in [-0.3, -0.25) is 14.4 Å². The molecule has 0 radical (unpaired) electrons. The topological polar surface area (TPSA) is 78.9 Å². The summed E-state index contributed by atoms with van der Waals surface area (Å²) in [7, 11) is 0. The molecule has 0 aromatic rings. The van der Waals surface area contributed by atoms with Crippen molar-refractivity contribution in [1.29, 1.82) is 0 Å². The highest BCUT2D eigenvalue weighted by Gasteiger charge is 2.19. The van der Waals surface area contributed by atoms with E-state index < -0.39 is 6.10 Å². The Balaban J connectivity index is 4.18. The van der Waals surface area contributed by atoms with Crippen LogP contribution in [0.2, 0.25) is 0 Å². The van der Waals surface area contributed by atoms with Crippen molar-refractivity contribution in [1.82, 2.24) is 0 Å². The maximum Gasteiger partial charge on any atom is 0.306 e. The van der Waals surface area contributed by atoms with Crippen LogP contribution >= 0.6 is 0 Å². The van der Waals surface area contributed by atoms with Gasteiger partial charge in [0, 0.05) is 19.3 Å². The molecule has 1 unspecified atom stereocenters. The van der Waals surface area contributed by atoms with Gasteiger partial charge in [0.15, 0.2) is 6.10 Å². The molecule has 0 N–H and O–H groups in total. The first-order valence-electron chi connectivity index (χ1n) is 32.4. The number of rotatable bonds is 58. The fourth-order valence-electron chi connectivity index (χ4n) is 8.93. The van der Waals surface area contributed by atoms with E-state index in [1.54, 1.807) is 0 Å². The van der Waals surface area contributed by atoms with E-state index in [1.165, 1.54) is 161 Å². The molecule has 0 rings (SSSR count). The summed E-state index contributed by atoms with van der Waals surface area (Å²) in [5.41, 5.74) is 0. The van der Waals surface area contributed by atoms with Crippen molar-refractivity contribution in [2.45, 2.75) is 309 Å². The number of ether oxygens (including phenoxy) is 3. The summed E-state index contributed by atoms with van der Waals surface area (Å²) < 4.78 is 16.8. The number of unbranched alkanes of at least 4 members (excludes halogenated alkanes) is 29. The lowest BCUT2D eigenvalue weighted by Crippen LogP contribution is -2.30. The molecular weight excluding hydrogens is 949 g/mol. The van der Waals surface area contributed by atoms with Crippen LogP contribution in [0, 0.1) is 0 Å². The molecule has 0 heterocycles. The lowest BCUT2D eigenvalue weighted by molar-refractivity contribution is -0.167. The molecule has 0 fully saturated rings. The van der Waals surface area contributed by atoms with Gasteiger partial charge in [0.1, 0.15) is 13.2 Å². The van der Waals surface area contributed by atoms with Gasteiger partial charge in [-0.1, -0.05) is 291 Å². The highest BCUT2D eigenvalue weighted by atomic mass is 16.6. The second kappa shape index (κ2) is 64.6. The molecule has 440 valence electrons. The molecular formula is C71H120O6. The Morgan fingerprint density at radius 1 is 0.273 bits per heavy atom. The number of carbonyl (C=O) groups excluding carboxylic acids is 3. The van der Waals surface area contributed by atoms with E-state index in [9.17, 15) is 14.4 Å². The van der Waals surface area contributed by atoms with Crippen molar-refractivity contribution in [3.05, 3.63) is 109 Å².